The molecule has 0 unspecified atom stereocenters. The molecule has 3 aromatic rings. The highest BCUT2D eigenvalue weighted by Crippen LogP contribution is 2.22. The van der Waals surface area contributed by atoms with E-state index in [4.69, 9.17) is 9.15 Å². The number of aryl methyl sites for hydroxylation is 1. The van der Waals surface area contributed by atoms with Crippen molar-refractivity contribution in [3.63, 3.8) is 0 Å². The summed E-state index contributed by atoms with van der Waals surface area (Å²) in [6.07, 6.45) is 2.50. The number of ether oxygens (including phenoxy) is 1. The summed E-state index contributed by atoms with van der Waals surface area (Å²) in [5, 5.41) is 0. The van der Waals surface area contributed by atoms with Gasteiger partial charge in [0.25, 0.3) is 0 Å². The van der Waals surface area contributed by atoms with Crippen LogP contribution in [0.2, 0.25) is 0 Å². The van der Waals surface area contributed by atoms with Gasteiger partial charge in [-0.3, -0.25) is 9.88 Å². The van der Waals surface area contributed by atoms with Gasteiger partial charge >= 0.3 is 5.76 Å². The van der Waals surface area contributed by atoms with E-state index in [1.54, 1.807) is 6.07 Å². The number of rotatable bonds is 6. The number of oxazole rings is 1. The molecule has 24 heavy (non-hydrogen) atoms. The Kier molecular flexibility index (Phi) is 4.09. The second-order valence-corrected chi connectivity index (χ2v) is 6.26. The lowest BCUT2D eigenvalue weighted by molar-refractivity contribution is 0.0196. The summed E-state index contributed by atoms with van der Waals surface area (Å²) in [5.41, 5.74) is 2.63. The third-order valence-corrected chi connectivity index (χ3v) is 4.40. The molecule has 126 valence electrons. The number of aromatic nitrogens is 1. The van der Waals surface area contributed by atoms with E-state index in [2.05, 4.69) is 40.2 Å². The molecule has 2 aromatic carbocycles. The number of likely N-dealkylation sites (tertiary alicyclic amines) is 1. The van der Waals surface area contributed by atoms with E-state index in [0.717, 1.165) is 31.8 Å². The number of hydrogen-bond acceptors (Lipinski definition) is 4. The SMILES string of the molecule is O=c1[nH]c2cc(OC3CN(CCCc4ccccc4)C3)ccc2o1.[HH]. The highest BCUT2D eigenvalue weighted by molar-refractivity contribution is 5.73. The van der Waals surface area contributed by atoms with Crippen molar-refractivity contribution in [3.8, 4) is 5.75 Å². The number of fused-ring (bicyclic) bond motifs is 1. The van der Waals surface area contributed by atoms with E-state index in [-0.39, 0.29) is 7.53 Å². The third-order valence-electron chi connectivity index (χ3n) is 4.40. The van der Waals surface area contributed by atoms with Gasteiger partial charge in [0.2, 0.25) is 0 Å². The maximum Gasteiger partial charge on any atom is 0.417 e. The van der Waals surface area contributed by atoms with Crippen LogP contribution in [0.25, 0.3) is 11.1 Å². The topological polar surface area (TPSA) is 58.5 Å². The maximum atomic E-state index is 11.2. The number of aromatic amines is 1. The Labute approximate surface area is 141 Å². The van der Waals surface area contributed by atoms with E-state index in [9.17, 15) is 4.79 Å². The molecule has 5 heteroatoms. The second-order valence-electron chi connectivity index (χ2n) is 6.26. The van der Waals surface area contributed by atoms with Crippen molar-refractivity contribution in [2.24, 2.45) is 0 Å². The van der Waals surface area contributed by atoms with Crippen LogP contribution in [-0.4, -0.2) is 35.6 Å². The molecule has 2 heterocycles. The molecule has 0 spiro atoms. The van der Waals surface area contributed by atoms with Gasteiger partial charge in [-0.2, -0.15) is 0 Å². The van der Waals surface area contributed by atoms with Gasteiger partial charge < -0.3 is 9.15 Å². The minimum Gasteiger partial charge on any atom is -0.488 e. The summed E-state index contributed by atoms with van der Waals surface area (Å²) in [4.78, 5) is 16.2. The molecule has 0 atom stereocenters. The van der Waals surface area contributed by atoms with Gasteiger partial charge in [-0.25, -0.2) is 4.79 Å². The van der Waals surface area contributed by atoms with Gasteiger partial charge in [-0.05, 0) is 37.1 Å². The summed E-state index contributed by atoms with van der Waals surface area (Å²) in [6.45, 7) is 3.01. The number of hydrogen-bond donors (Lipinski definition) is 1. The van der Waals surface area contributed by atoms with Crippen molar-refractivity contribution in [1.82, 2.24) is 9.88 Å². The van der Waals surface area contributed by atoms with Crippen LogP contribution >= 0.6 is 0 Å². The molecule has 1 N–H and O–H groups in total. The van der Waals surface area contributed by atoms with Crippen LogP contribution in [0.15, 0.2) is 57.7 Å². The van der Waals surface area contributed by atoms with Crippen LogP contribution in [-0.2, 0) is 6.42 Å². The smallest absolute Gasteiger partial charge is 0.417 e. The molecule has 0 saturated carbocycles. The lowest BCUT2D eigenvalue weighted by Gasteiger charge is -2.39. The monoisotopic (exact) mass is 326 g/mol. The highest BCUT2D eigenvalue weighted by Gasteiger charge is 2.27. The van der Waals surface area contributed by atoms with Crippen LogP contribution in [0.3, 0.4) is 0 Å². The first-order valence-corrected chi connectivity index (χ1v) is 8.32. The van der Waals surface area contributed by atoms with Crippen molar-refractivity contribution >= 4 is 11.1 Å². The van der Waals surface area contributed by atoms with Crippen molar-refractivity contribution in [1.29, 1.82) is 0 Å². The van der Waals surface area contributed by atoms with Gasteiger partial charge in [-0.15, -0.1) is 0 Å². The fourth-order valence-electron chi connectivity index (χ4n) is 3.13. The minimum atomic E-state index is -0.435. The predicted octanol–water partition coefficient (Wildman–Crippen LogP) is 3.06. The zero-order valence-electron chi connectivity index (χ0n) is 13.4. The average molecular weight is 326 g/mol. The van der Waals surface area contributed by atoms with E-state index >= 15 is 0 Å². The fourth-order valence-corrected chi connectivity index (χ4v) is 3.13. The molecular weight excluding hydrogens is 304 g/mol. The van der Waals surface area contributed by atoms with Gasteiger partial charge in [0.15, 0.2) is 5.58 Å². The molecule has 0 amide bonds. The van der Waals surface area contributed by atoms with E-state index in [1.807, 2.05) is 12.1 Å². The van der Waals surface area contributed by atoms with E-state index < -0.39 is 5.76 Å². The van der Waals surface area contributed by atoms with Crippen molar-refractivity contribution in [2.75, 3.05) is 19.6 Å². The van der Waals surface area contributed by atoms with Crippen LogP contribution in [0, 0.1) is 0 Å². The van der Waals surface area contributed by atoms with Gasteiger partial charge in [-0.1, -0.05) is 30.3 Å². The molecule has 0 bridgehead atoms. The Morgan fingerprint density at radius 1 is 1.21 bits per heavy atom. The quantitative estimate of drug-likeness (QED) is 0.756. The lowest BCUT2D eigenvalue weighted by Crippen LogP contribution is -2.53. The molecule has 1 aliphatic heterocycles. The summed E-state index contributed by atoms with van der Waals surface area (Å²) in [5.74, 6) is 0.337. The van der Waals surface area contributed by atoms with Crippen LogP contribution < -0.4 is 10.5 Å². The fraction of sp³-hybridized carbons (Fsp3) is 0.316. The van der Waals surface area contributed by atoms with Crippen LogP contribution in [0.4, 0.5) is 0 Å². The highest BCUT2D eigenvalue weighted by atomic mass is 16.5. The Bertz CT molecular complexity index is 869. The predicted molar refractivity (Wildman–Crippen MR) is 94.6 cm³/mol. The normalized spacial score (nSPS) is 15.5. The number of nitrogens with zero attached hydrogens (tertiary/aromatic N) is 1. The molecule has 0 radical (unpaired) electrons. The van der Waals surface area contributed by atoms with Crippen LogP contribution in [0.5, 0.6) is 5.75 Å². The Morgan fingerprint density at radius 2 is 2.04 bits per heavy atom. The van der Waals surface area contributed by atoms with Gasteiger partial charge in [0.1, 0.15) is 11.9 Å². The first-order chi connectivity index (χ1) is 11.8. The van der Waals surface area contributed by atoms with Crippen molar-refractivity contribution < 1.29 is 10.6 Å². The Morgan fingerprint density at radius 3 is 2.88 bits per heavy atom. The minimum absolute atomic E-state index is 0. The first kappa shape index (κ1) is 15.0. The van der Waals surface area contributed by atoms with Gasteiger partial charge in [0.05, 0.1) is 5.52 Å². The molecule has 1 aromatic heterocycles. The molecule has 1 aliphatic rings. The number of benzene rings is 2. The van der Waals surface area contributed by atoms with E-state index in [0.29, 0.717) is 11.1 Å². The molecule has 1 saturated heterocycles. The average Bonchev–Trinajstić information content (AvgIpc) is 2.92. The molecular formula is C19H22N2O3. The molecule has 5 nitrogen and oxygen atoms in total. The molecule has 4 rings (SSSR count). The standard InChI is InChI=1S/C19H20N2O3.H2/c22-19-20-17-11-15(8-9-18(17)24-19)23-16-12-21(13-16)10-4-7-14-5-2-1-3-6-14;/h1-3,5-6,8-9,11,16H,4,7,10,12-13H2,(H,20,22);1H. The van der Waals surface area contributed by atoms with Crippen LogP contribution in [0.1, 0.15) is 13.4 Å². The summed E-state index contributed by atoms with van der Waals surface area (Å²) in [6, 6.07) is 16.0. The van der Waals surface area contributed by atoms with Crippen molar-refractivity contribution in [3.05, 3.63) is 64.6 Å². The lowest BCUT2D eigenvalue weighted by atomic mass is 10.1. The largest absolute Gasteiger partial charge is 0.488 e. The third kappa shape index (κ3) is 3.36. The summed E-state index contributed by atoms with van der Waals surface area (Å²) < 4.78 is 10.9. The Hall–Kier alpha value is -2.53. The summed E-state index contributed by atoms with van der Waals surface area (Å²) in [7, 11) is 0. The summed E-state index contributed by atoms with van der Waals surface area (Å²) >= 11 is 0. The number of H-pyrrole nitrogens is 1. The first-order valence-electron chi connectivity index (χ1n) is 8.32. The second kappa shape index (κ2) is 6.53. The zero-order chi connectivity index (χ0) is 16.4. The molecule has 1 fully saturated rings. The molecule has 0 aliphatic carbocycles. The Balaban J connectivity index is 0.00000182. The van der Waals surface area contributed by atoms with Gasteiger partial charge in [0, 0.05) is 20.6 Å². The zero-order valence-corrected chi connectivity index (χ0v) is 13.4. The number of nitrogens with one attached hydrogen (secondary N) is 1. The van der Waals surface area contributed by atoms with E-state index in [1.165, 1.54) is 12.0 Å². The maximum absolute atomic E-state index is 11.2. The van der Waals surface area contributed by atoms with Crippen molar-refractivity contribution in [2.45, 2.75) is 18.9 Å².